The summed E-state index contributed by atoms with van der Waals surface area (Å²) in [7, 11) is 1.57. The molecule has 0 aliphatic heterocycles. The Hall–Kier alpha value is -1.23. The highest BCUT2D eigenvalue weighted by Crippen LogP contribution is 2.28. The number of anilines is 1. The van der Waals surface area contributed by atoms with Crippen LogP contribution in [-0.2, 0) is 4.74 Å². The number of carbonyl (C=O) groups excluding carboxylic acids is 1. The summed E-state index contributed by atoms with van der Waals surface area (Å²) in [6.07, 6.45) is 3.84. The second-order valence-electron chi connectivity index (χ2n) is 4.28. The highest BCUT2D eigenvalue weighted by atomic mass is 79.9. The van der Waals surface area contributed by atoms with Gasteiger partial charge in [0.05, 0.1) is 12.8 Å². The summed E-state index contributed by atoms with van der Waals surface area (Å²) in [5.74, 6) is 0.613. The van der Waals surface area contributed by atoms with Crippen molar-refractivity contribution in [1.82, 2.24) is 0 Å². The Morgan fingerprint density at radius 3 is 2.78 bits per heavy atom. The maximum absolute atomic E-state index is 11.7. The second-order valence-corrected chi connectivity index (χ2v) is 5.20. The van der Waals surface area contributed by atoms with E-state index in [1.807, 2.05) is 6.07 Å². The molecule has 98 valence electrons. The molecule has 0 saturated heterocycles. The van der Waals surface area contributed by atoms with E-state index in [-0.39, 0.29) is 6.10 Å². The molecule has 1 saturated carbocycles. The topological polar surface area (TPSA) is 47.6 Å². The molecule has 2 rings (SSSR count). The van der Waals surface area contributed by atoms with Crippen molar-refractivity contribution in [2.45, 2.75) is 31.8 Å². The molecule has 0 atom stereocenters. The van der Waals surface area contributed by atoms with Crippen molar-refractivity contribution in [2.75, 3.05) is 12.4 Å². The Kier molecular flexibility index (Phi) is 4.47. The molecule has 0 spiro atoms. The zero-order valence-corrected chi connectivity index (χ0v) is 11.8. The van der Waals surface area contributed by atoms with Crippen LogP contribution in [0, 0.1) is 0 Å². The van der Waals surface area contributed by atoms with Crippen molar-refractivity contribution in [3.8, 4) is 5.75 Å². The fraction of sp³-hybridized carbons (Fsp3) is 0.462. The molecule has 1 N–H and O–H groups in total. The predicted octanol–water partition coefficient (Wildman–Crippen LogP) is 3.95. The van der Waals surface area contributed by atoms with E-state index in [1.54, 1.807) is 19.2 Å². The van der Waals surface area contributed by atoms with Gasteiger partial charge in [-0.15, -0.1) is 0 Å². The molecular formula is C13H16BrNO3. The first-order chi connectivity index (χ1) is 8.69. The number of carbonyl (C=O) groups is 1. The number of rotatable bonds is 3. The third-order valence-corrected chi connectivity index (χ3v) is 3.47. The molecule has 1 aliphatic carbocycles. The molecule has 1 aliphatic rings. The fourth-order valence-corrected chi connectivity index (χ4v) is 2.44. The monoisotopic (exact) mass is 313 g/mol. The zero-order valence-electron chi connectivity index (χ0n) is 10.2. The van der Waals surface area contributed by atoms with E-state index in [2.05, 4.69) is 21.2 Å². The highest BCUT2D eigenvalue weighted by molar-refractivity contribution is 9.10. The van der Waals surface area contributed by atoms with Gasteiger partial charge in [0.1, 0.15) is 11.9 Å². The summed E-state index contributed by atoms with van der Waals surface area (Å²) in [5, 5.41) is 2.71. The molecule has 1 amide bonds. The molecule has 1 aromatic rings. The number of benzene rings is 1. The van der Waals surface area contributed by atoms with E-state index in [4.69, 9.17) is 9.47 Å². The van der Waals surface area contributed by atoms with Crippen molar-refractivity contribution < 1.29 is 14.3 Å². The average molecular weight is 314 g/mol. The normalized spacial score (nSPS) is 15.4. The number of hydrogen-bond acceptors (Lipinski definition) is 3. The van der Waals surface area contributed by atoms with Crippen LogP contribution in [0.15, 0.2) is 22.7 Å². The van der Waals surface area contributed by atoms with Crippen LogP contribution in [0.3, 0.4) is 0 Å². The van der Waals surface area contributed by atoms with Crippen LogP contribution in [0.5, 0.6) is 5.75 Å². The molecule has 0 unspecified atom stereocenters. The highest BCUT2D eigenvalue weighted by Gasteiger charge is 2.19. The Labute approximate surface area is 115 Å². The lowest BCUT2D eigenvalue weighted by Crippen LogP contribution is -2.20. The average Bonchev–Trinajstić information content (AvgIpc) is 2.82. The Morgan fingerprint density at radius 2 is 2.11 bits per heavy atom. The Bertz CT molecular complexity index is 430. The summed E-state index contributed by atoms with van der Waals surface area (Å²) in [6.45, 7) is 0. The summed E-state index contributed by atoms with van der Waals surface area (Å²) >= 11 is 3.36. The Morgan fingerprint density at radius 1 is 1.39 bits per heavy atom. The van der Waals surface area contributed by atoms with Gasteiger partial charge in [-0.3, -0.25) is 5.32 Å². The first-order valence-electron chi connectivity index (χ1n) is 6.00. The van der Waals surface area contributed by atoms with Crippen LogP contribution in [0.25, 0.3) is 0 Å². The predicted molar refractivity (Wildman–Crippen MR) is 73.1 cm³/mol. The van der Waals surface area contributed by atoms with Gasteiger partial charge in [-0.1, -0.05) is 15.9 Å². The van der Waals surface area contributed by atoms with E-state index < -0.39 is 6.09 Å². The van der Waals surface area contributed by atoms with Gasteiger partial charge < -0.3 is 9.47 Å². The zero-order chi connectivity index (χ0) is 13.0. The summed E-state index contributed by atoms with van der Waals surface area (Å²) in [5.41, 5.74) is 0.606. The van der Waals surface area contributed by atoms with Gasteiger partial charge in [-0.05, 0) is 43.9 Å². The van der Waals surface area contributed by atoms with E-state index in [0.29, 0.717) is 11.4 Å². The molecule has 4 nitrogen and oxygen atoms in total. The molecule has 18 heavy (non-hydrogen) atoms. The first-order valence-corrected chi connectivity index (χ1v) is 6.79. The van der Waals surface area contributed by atoms with Crippen LogP contribution in [0.2, 0.25) is 0 Å². The van der Waals surface area contributed by atoms with Crippen LogP contribution in [-0.4, -0.2) is 19.3 Å². The van der Waals surface area contributed by atoms with Crippen molar-refractivity contribution in [3.05, 3.63) is 22.7 Å². The first kappa shape index (κ1) is 13.2. The maximum atomic E-state index is 11.7. The number of amides is 1. The molecule has 0 bridgehead atoms. The van der Waals surface area contributed by atoms with Gasteiger partial charge in [0.2, 0.25) is 0 Å². The summed E-state index contributed by atoms with van der Waals surface area (Å²) in [4.78, 5) is 11.7. The number of nitrogens with one attached hydrogen (secondary N) is 1. The standard InChI is InChI=1S/C13H16BrNO3/c1-17-12-7-6-9(14)8-11(12)15-13(16)18-10-4-2-3-5-10/h6-8,10H,2-5H2,1H3,(H,15,16). The largest absolute Gasteiger partial charge is 0.495 e. The van der Waals surface area contributed by atoms with Gasteiger partial charge >= 0.3 is 6.09 Å². The van der Waals surface area contributed by atoms with Crippen LogP contribution >= 0.6 is 15.9 Å². The minimum absolute atomic E-state index is 0.0585. The van der Waals surface area contributed by atoms with E-state index >= 15 is 0 Å². The van der Waals surface area contributed by atoms with Gasteiger partial charge in [0.25, 0.3) is 0 Å². The van der Waals surface area contributed by atoms with Crippen molar-refractivity contribution in [3.63, 3.8) is 0 Å². The molecule has 0 aromatic heterocycles. The third kappa shape index (κ3) is 3.38. The van der Waals surface area contributed by atoms with E-state index in [1.165, 1.54) is 0 Å². The second kappa shape index (κ2) is 6.09. The van der Waals surface area contributed by atoms with Crippen LogP contribution in [0.1, 0.15) is 25.7 Å². The van der Waals surface area contributed by atoms with Crippen LogP contribution in [0.4, 0.5) is 10.5 Å². The lowest BCUT2D eigenvalue weighted by Gasteiger charge is -2.14. The van der Waals surface area contributed by atoms with Gasteiger partial charge in [0.15, 0.2) is 0 Å². The smallest absolute Gasteiger partial charge is 0.412 e. The van der Waals surface area contributed by atoms with Crippen LogP contribution < -0.4 is 10.1 Å². The fourth-order valence-electron chi connectivity index (χ4n) is 2.07. The minimum Gasteiger partial charge on any atom is -0.495 e. The van der Waals surface area contributed by atoms with Crippen molar-refractivity contribution in [2.24, 2.45) is 0 Å². The number of methoxy groups -OCH3 is 1. The molecule has 0 radical (unpaired) electrons. The van der Waals surface area contributed by atoms with Gasteiger partial charge in [-0.25, -0.2) is 4.79 Å². The maximum Gasteiger partial charge on any atom is 0.412 e. The molecular weight excluding hydrogens is 298 g/mol. The lowest BCUT2D eigenvalue weighted by atomic mass is 10.3. The van der Waals surface area contributed by atoms with Crippen molar-refractivity contribution in [1.29, 1.82) is 0 Å². The van der Waals surface area contributed by atoms with Gasteiger partial charge in [-0.2, -0.15) is 0 Å². The molecule has 5 heteroatoms. The molecule has 1 fully saturated rings. The van der Waals surface area contributed by atoms with Crippen molar-refractivity contribution >= 4 is 27.7 Å². The quantitative estimate of drug-likeness (QED) is 0.919. The minimum atomic E-state index is -0.418. The SMILES string of the molecule is COc1ccc(Br)cc1NC(=O)OC1CCCC1. The van der Waals surface area contributed by atoms with Gasteiger partial charge in [0, 0.05) is 4.47 Å². The lowest BCUT2D eigenvalue weighted by molar-refractivity contribution is 0.114. The number of hydrogen-bond donors (Lipinski definition) is 1. The summed E-state index contributed by atoms with van der Waals surface area (Å²) in [6, 6.07) is 5.43. The Balaban J connectivity index is 1.99. The van der Waals surface area contributed by atoms with E-state index in [9.17, 15) is 4.79 Å². The third-order valence-electron chi connectivity index (χ3n) is 2.97. The molecule has 1 aromatic carbocycles. The number of ether oxygens (including phenoxy) is 2. The number of halogens is 1. The molecule has 0 heterocycles. The van der Waals surface area contributed by atoms with E-state index in [0.717, 1.165) is 30.2 Å². The summed E-state index contributed by atoms with van der Waals surface area (Å²) < 4.78 is 11.4.